The second kappa shape index (κ2) is 8.39. The maximum absolute atomic E-state index is 3.79. The van der Waals surface area contributed by atoms with Crippen molar-refractivity contribution in [2.24, 2.45) is 0 Å². The summed E-state index contributed by atoms with van der Waals surface area (Å²) in [6.07, 6.45) is 6.45. The standard InChI is InChI=1S/C14H30N2S/c1-4-14(5-2,6-3)16-11-12-17-13-7-9-15-10-8-13/h13,15-16H,4-12H2,1-3H3. The SMILES string of the molecule is CCC(CC)(CC)NCCSC1CCNCC1. The molecule has 0 spiro atoms. The zero-order valence-corrected chi connectivity index (χ0v) is 12.7. The first-order valence-corrected chi connectivity index (χ1v) is 8.38. The summed E-state index contributed by atoms with van der Waals surface area (Å²) in [5.74, 6) is 1.27. The van der Waals surface area contributed by atoms with E-state index in [0.717, 1.165) is 5.25 Å². The van der Waals surface area contributed by atoms with Gasteiger partial charge in [-0.1, -0.05) is 20.8 Å². The molecule has 1 aliphatic rings. The Balaban J connectivity index is 2.13. The van der Waals surface area contributed by atoms with Crippen molar-refractivity contribution in [2.75, 3.05) is 25.4 Å². The molecule has 17 heavy (non-hydrogen) atoms. The lowest BCUT2D eigenvalue weighted by atomic mass is 9.90. The summed E-state index contributed by atoms with van der Waals surface area (Å²) in [5, 5.41) is 8.11. The van der Waals surface area contributed by atoms with E-state index in [4.69, 9.17) is 0 Å². The van der Waals surface area contributed by atoms with Crippen LogP contribution in [0.1, 0.15) is 52.9 Å². The highest BCUT2D eigenvalue weighted by molar-refractivity contribution is 7.99. The van der Waals surface area contributed by atoms with E-state index in [-0.39, 0.29) is 0 Å². The van der Waals surface area contributed by atoms with Crippen molar-refractivity contribution in [3.05, 3.63) is 0 Å². The molecule has 2 nitrogen and oxygen atoms in total. The van der Waals surface area contributed by atoms with E-state index in [1.54, 1.807) is 0 Å². The van der Waals surface area contributed by atoms with Gasteiger partial charge in [-0.3, -0.25) is 0 Å². The van der Waals surface area contributed by atoms with E-state index in [1.807, 2.05) is 0 Å². The fourth-order valence-electron chi connectivity index (χ4n) is 2.63. The number of nitrogens with one attached hydrogen (secondary N) is 2. The average Bonchev–Trinajstić information content (AvgIpc) is 2.41. The summed E-state index contributed by atoms with van der Waals surface area (Å²) < 4.78 is 0. The number of thioether (sulfide) groups is 1. The maximum Gasteiger partial charge on any atom is 0.0174 e. The van der Waals surface area contributed by atoms with Crippen molar-refractivity contribution in [3.63, 3.8) is 0 Å². The average molecular weight is 258 g/mol. The summed E-state index contributed by atoms with van der Waals surface area (Å²) in [4.78, 5) is 0. The van der Waals surface area contributed by atoms with E-state index in [9.17, 15) is 0 Å². The Kier molecular flexibility index (Phi) is 7.56. The molecule has 1 rings (SSSR count). The normalized spacial score (nSPS) is 18.5. The summed E-state index contributed by atoms with van der Waals surface area (Å²) in [7, 11) is 0. The molecule has 2 N–H and O–H groups in total. The van der Waals surface area contributed by atoms with Gasteiger partial charge in [0.1, 0.15) is 0 Å². The number of rotatable bonds is 8. The molecular formula is C14H30N2S. The number of hydrogen-bond donors (Lipinski definition) is 2. The predicted molar refractivity (Wildman–Crippen MR) is 80.0 cm³/mol. The van der Waals surface area contributed by atoms with E-state index in [0.29, 0.717) is 5.54 Å². The van der Waals surface area contributed by atoms with Crippen LogP contribution in [0.4, 0.5) is 0 Å². The van der Waals surface area contributed by atoms with Crippen LogP contribution >= 0.6 is 11.8 Å². The van der Waals surface area contributed by atoms with Crippen molar-refractivity contribution >= 4 is 11.8 Å². The highest BCUT2D eigenvalue weighted by Crippen LogP contribution is 2.21. The topological polar surface area (TPSA) is 24.1 Å². The summed E-state index contributed by atoms with van der Waals surface area (Å²) in [6, 6.07) is 0. The third-order valence-electron chi connectivity index (χ3n) is 4.27. The minimum absolute atomic E-state index is 0.398. The quantitative estimate of drug-likeness (QED) is 0.654. The zero-order valence-electron chi connectivity index (χ0n) is 11.8. The fraction of sp³-hybridized carbons (Fsp3) is 1.00. The van der Waals surface area contributed by atoms with E-state index in [2.05, 4.69) is 43.2 Å². The third-order valence-corrected chi connectivity index (χ3v) is 5.65. The van der Waals surface area contributed by atoms with Crippen LogP contribution in [0.5, 0.6) is 0 Å². The summed E-state index contributed by atoms with van der Waals surface area (Å²) in [6.45, 7) is 10.5. The van der Waals surface area contributed by atoms with Gasteiger partial charge in [0.05, 0.1) is 0 Å². The fourth-order valence-corrected chi connectivity index (χ4v) is 3.75. The Morgan fingerprint density at radius 2 is 1.71 bits per heavy atom. The highest BCUT2D eigenvalue weighted by Gasteiger charge is 2.22. The smallest absolute Gasteiger partial charge is 0.0174 e. The van der Waals surface area contributed by atoms with Gasteiger partial charge in [0.15, 0.2) is 0 Å². The van der Waals surface area contributed by atoms with Gasteiger partial charge < -0.3 is 10.6 Å². The highest BCUT2D eigenvalue weighted by atomic mass is 32.2. The van der Waals surface area contributed by atoms with Crippen molar-refractivity contribution in [1.29, 1.82) is 0 Å². The maximum atomic E-state index is 3.79. The van der Waals surface area contributed by atoms with Gasteiger partial charge in [0, 0.05) is 23.1 Å². The minimum atomic E-state index is 0.398. The van der Waals surface area contributed by atoms with Gasteiger partial charge >= 0.3 is 0 Å². The van der Waals surface area contributed by atoms with Gasteiger partial charge in [0.25, 0.3) is 0 Å². The zero-order chi connectivity index (χ0) is 12.6. The Labute approximate surface area is 112 Å². The van der Waals surface area contributed by atoms with E-state index in [1.165, 1.54) is 57.5 Å². The predicted octanol–water partition coefficient (Wildman–Crippen LogP) is 3.03. The van der Waals surface area contributed by atoms with E-state index >= 15 is 0 Å². The molecule has 1 fully saturated rings. The minimum Gasteiger partial charge on any atom is -0.317 e. The first-order valence-electron chi connectivity index (χ1n) is 7.33. The van der Waals surface area contributed by atoms with Crippen LogP contribution in [0.2, 0.25) is 0 Å². The lowest BCUT2D eigenvalue weighted by Gasteiger charge is -2.32. The molecule has 0 unspecified atom stereocenters. The molecule has 0 saturated carbocycles. The Morgan fingerprint density at radius 1 is 1.12 bits per heavy atom. The third kappa shape index (κ3) is 5.19. The van der Waals surface area contributed by atoms with Gasteiger partial charge in [-0.15, -0.1) is 0 Å². The van der Waals surface area contributed by atoms with Crippen LogP contribution < -0.4 is 10.6 Å². The lowest BCUT2D eigenvalue weighted by Crippen LogP contribution is -2.44. The molecule has 102 valence electrons. The van der Waals surface area contributed by atoms with Gasteiger partial charge in [-0.05, 0) is 45.2 Å². The van der Waals surface area contributed by atoms with Crippen LogP contribution in [0.25, 0.3) is 0 Å². The molecule has 0 aromatic rings. The van der Waals surface area contributed by atoms with Crippen molar-refractivity contribution < 1.29 is 0 Å². The number of piperidine rings is 1. The van der Waals surface area contributed by atoms with Crippen LogP contribution in [-0.2, 0) is 0 Å². The Morgan fingerprint density at radius 3 is 2.24 bits per heavy atom. The van der Waals surface area contributed by atoms with E-state index < -0.39 is 0 Å². The molecule has 0 bridgehead atoms. The summed E-state index contributed by atoms with van der Waals surface area (Å²) in [5.41, 5.74) is 0.398. The second-order valence-corrected chi connectivity index (χ2v) is 6.50. The molecule has 1 saturated heterocycles. The lowest BCUT2D eigenvalue weighted by molar-refractivity contribution is 0.298. The molecule has 0 aromatic heterocycles. The van der Waals surface area contributed by atoms with Gasteiger partial charge in [-0.2, -0.15) is 11.8 Å². The first kappa shape index (κ1) is 15.3. The molecule has 1 aliphatic heterocycles. The second-order valence-electron chi connectivity index (χ2n) is 5.09. The molecule has 0 atom stereocenters. The molecule has 0 amide bonds. The van der Waals surface area contributed by atoms with Crippen LogP contribution in [0, 0.1) is 0 Å². The van der Waals surface area contributed by atoms with Crippen molar-refractivity contribution in [2.45, 2.75) is 63.7 Å². The van der Waals surface area contributed by atoms with Crippen molar-refractivity contribution in [1.82, 2.24) is 10.6 Å². The van der Waals surface area contributed by atoms with Crippen molar-refractivity contribution in [3.8, 4) is 0 Å². The molecule has 1 heterocycles. The molecule has 0 radical (unpaired) electrons. The van der Waals surface area contributed by atoms with Crippen LogP contribution in [0.15, 0.2) is 0 Å². The first-order chi connectivity index (χ1) is 8.26. The molecule has 3 heteroatoms. The molecular weight excluding hydrogens is 228 g/mol. The number of hydrogen-bond acceptors (Lipinski definition) is 3. The van der Waals surface area contributed by atoms with Gasteiger partial charge in [0.2, 0.25) is 0 Å². The summed E-state index contributed by atoms with van der Waals surface area (Å²) >= 11 is 2.17. The molecule has 0 aromatic carbocycles. The Bertz CT molecular complexity index is 178. The largest absolute Gasteiger partial charge is 0.317 e. The molecule has 0 aliphatic carbocycles. The Hall–Kier alpha value is 0.270. The van der Waals surface area contributed by atoms with Gasteiger partial charge in [-0.25, -0.2) is 0 Å². The monoisotopic (exact) mass is 258 g/mol. The van der Waals surface area contributed by atoms with Crippen LogP contribution in [0.3, 0.4) is 0 Å². The van der Waals surface area contributed by atoms with Crippen LogP contribution in [-0.4, -0.2) is 36.2 Å².